The molecule has 1 N–H and O–H groups in total. The van der Waals surface area contributed by atoms with E-state index in [2.05, 4.69) is 52.0 Å². The van der Waals surface area contributed by atoms with E-state index in [0.29, 0.717) is 6.54 Å². The molecule has 0 amide bonds. The van der Waals surface area contributed by atoms with Gasteiger partial charge in [-0.2, -0.15) is 0 Å². The number of hydrogen-bond donors (Lipinski definition) is 1. The summed E-state index contributed by atoms with van der Waals surface area (Å²) in [5, 5.41) is 3.59. The van der Waals surface area contributed by atoms with Crippen LogP contribution in [-0.2, 0) is 12.1 Å². The van der Waals surface area contributed by atoms with Crippen molar-refractivity contribution in [3.63, 3.8) is 0 Å². The fraction of sp³-hybridized carbons (Fsp3) is 0.500. The van der Waals surface area contributed by atoms with Crippen molar-refractivity contribution in [3.05, 3.63) is 47.8 Å². The van der Waals surface area contributed by atoms with Crippen molar-refractivity contribution in [2.75, 3.05) is 45.2 Å². The Hall–Kier alpha value is -2.18. The lowest BCUT2D eigenvalue weighted by molar-refractivity contribution is 0.311. The van der Waals surface area contributed by atoms with Crippen LogP contribution >= 0.6 is 0 Å². The van der Waals surface area contributed by atoms with Crippen LogP contribution < -0.4 is 15.0 Å². The van der Waals surface area contributed by atoms with Crippen LogP contribution in [0.15, 0.2) is 36.7 Å². The second-order valence-electron chi connectivity index (χ2n) is 7.36. The molecule has 3 rings (SSSR count). The van der Waals surface area contributed by atoms with Crippen LogP contribution in [0, 0.1) is 0 Å². The highest BCUT2D eigenvalue weighted by molar-refractivity contribution is 5.38. The Bertz CT molecular complexity index is 708. The number of nitrogens with one attached hydrogen (secondary N) is 1. The Labute approximate surface area is 156 Å². The molecule has 0 unspecified atom stereocenters. The lowest BCUT2D eigenvalue weighted by atomic mass is 9.93. The number of methoxy groups -OCH3 is 1. The maximum Gasteiger partial charge on any atom is 0.225 e. The Morgan fingerprint density at radius 1 is 1.08 bits per heavy atom. The molecule has 140 valence electrons. The van der Waals surface area contributed by atoms with Gasteiger partial charge in [0.2, 0.25) is 5.95 Å². The highest BCUT2D eigenvalue weighted by atomic mass is 16.5. The van der Waals surface area contributed by atoms with Crippen molar-refractivity contribution >= 4 is 5.95 Å². The van der Waals surface area contributed by atoms with E-state index in [1.165, 1.54) is 0 Å². The van der Waals surface area contributed by atoms with Crippen molar-refractivity contribution in [3.8, 4) is 5.75 Å². The van der Waals surface area contributed by atoms with Crippen LogP contribution in [0.25, 0.3) is 0 Å². The van der Waals surface area contributed by atoms with Crippen molar-refractivity contribution < 1.29 is 4.74 Å². The average Bonchev–Trinajstić information content (AvgIpc) is 2.67. The number of piperazine rings is 1. The van der Waals surface area contributed by atoms with E-state index in [4.69, 9.17) is 4.74 Å². The second-order valence-corrected chi connectivity index (χ2v) is 7.36. The molecule has 1 aromatic heterocycles. The van der Waals surface area contributed by atoms with Crippen LogP contribution in [0.4, 0.5) is 5.95 Å². The van der Waals surface area contributed by atoms with Gasteiger partial charge >= 0.3 is 0 Å². The second kappa shape index (κ2) is 8.01. The Kier molecular flexibility index (Phi) is 5.74. The van der Waals surface area contributed by atoms with Gasteiger partial charge in [0.15, 0.2) is 0 Å². The summed E-state index contributed by atoms with van der Waals surface area (Å²) in [5.74, 6) is 1.72. The third kappa shape index (κ3) is 4.31. The fourth-order valence-electron chi connectivity index (χ4n) is 3.19. The van der Waals surface area contributed by atoms with E-state index in [9.17, 15) is 0 Å². The molecular weight excluding hydrogens is 326 g/mol. The number of para-hydroxylation sites is 1. The maximum atomic E-state index is 5.50. The predicted octanol–water partition coefficient (Wildman–Crippen LogP) is 2.26. The van der Waals surface area contributed by atoms with Crippen molar-refractivity contribution in [1.82, 2.24) is 20.2 Å². The summed E-state index contributed by atoms with van der Waals surface area (Å²) in [5.41, 5.74) is 1.99. The number of likely N-dealkylation sites (N-methyl/N-ethyl adjacent to an activating group) is 1. The van der Waals surface area contributed by atoms with Gasteiger partial charge in [0.1, 0.15) is 5.75 Å². The van der Waals surface area contributed by atoms with Gasteiger partial charge in [-0.3, -0.25) is 0 Å². The summed E-state index contributed by atoms with van der Waals surface area (Å²) < 4.78 is 5.50. The lowest BCUT2D eigenvalue weighted by Gasteiger charge is -2.32. The quantitative estimate of drug-likeness (QED) is 0.858. The Balaban J connectivity index is 1.62. The van der Waals surface area contributed by atoms with Gasteiger partial charge in [0.05, 0.1) is 7.11 Å². The number of nitrogens with zero attached hydrogens (tertiary/aromatic N) is 4. The Morgan fingerprint density at radius 2 is 1.73 bits per heavy atom. The fourth-order valence-corrected chi connectivity index (χ4v) is 3.19. The van der Waals surface area contributed by atoms with Crippen molar-refractivity contribution in [2.45, 2.75) is 25.9 Å². The molecule has 1 aliphatic rings. The molecule has 6 nitrogen and oxygen atoms in total. The molecule has 1 saturated heterocycles. The first-order chi connectivity index (χ1) is 12.5. The van der Waals surface area contributed by atoms with Gasteiger partial charge in [-0.25, -0.2) is 9.97 Å². The van der Waals surface area contributed by atoms with Gasteiger partial charge in [-0.05, 0) is 27.0 Å². The number of anilines is 1. The lowest BCUT2D eigenvalue weighted by Crippen LogP contribution is -2.45. The third-order valence-electron chi connectivity index (χ3n) is 4.99. The van der Waals surface area contributed by atoms with Gasteiger partial charge in [-0.15, -0.1) is 0 Å². The molecule has 0 atom stereocenters. The normalized spacial score (nSPS) is 15.9. The minimum absolute atomic E-state index is 0.220. The first-order valence-corrected chi connectivity index (χ1v) is 9.12. The van der Waals surface area contributed by atoms with Crippen LogP contribution in [0.3, 0.4) is 0 Å². The van der Waals surface area contributed by atoms with Crippen LogP contribution in [0.1, 0.15) is 25.0 Å². The van der Waals surface area contributed by atoms with E-state index in [-0.39, 0.29) is 5.54 Å². The molecule has 0 spiro atoms. The topological polar surface area (TPSA) is 53.5 Å². The number of hydrogen-bond acceptors (Lipinski definition) is 6. The molecule has 26 heavy (non-hydrogen) atoms. The standard InChI is InChI=1S/C20H29N5O/c1-20(2,17-7-5-6-8-18(17)26-4)23-15-16-13-21-19(22-14-16)25-11-9-24(3)10-12-25/h5-8,13-14,23H,9-12,15H2,1-4H3. The van der Waals surface area contributed by atoms with E-state index in [0.717, 1.165) is 49.0 Å². The molecule has 0 aliphatic carbocycles. The third-order valence-corrected chi connectivity index (χ3v) is 4.99. The molecule has 0 radical (unpaired) electrons. The first-order valence-electron chi connectivity index (χ1n) is 9.12. The summed E-state index contributed by atoms with van der Waals surface area (Å²) in [6.45, 7) is 9.09. The largest absolute Gasteiger partial charge is 0.496 e. The number of benzene rings is 1. The molecule has 2 heterocycles. The van der Waals surface area contributed by atoms with E-state index in [1.807, 2.05) is 30.6 Å². The van der Waals surface area contributed by atoms with E-state index >= 15 is 0 Å². The average molecular weight is 355 g/mol. The van der Waals surface area contributed by atoms with Gasteiger partial charge in [0.25, 0.3) is 0 Å². The molecule has 2 aromatic rings. The molecular formula is C20H29N5O. The molecule has 1 aromatic carbocycles. The SMILES string of the molecule is COc1ccccc1C(C)(C)NCc1cnc(N2CCN(C)CC2)nc1. The zero-order chi connectivity index (χ0) is 18.6. The summed E-state index contributed by atoms with van der Waals surface area (Å²) in [6.07, 6.45) is 3.85. The van der Waals surface area contributed by atoms with Gasteiger partial charge in [0, 0.05) is 61.8 Å². The summed E-state index contributed by atoms with van der Waals surface area (Å²) in [6, 6.07) is 8.12. The number of ether oxygens (including phenoxy) is 1. The van der Waals surface area contributed by atoms with Crippen LogP contribution in [0.2, 0.25) is 0 Å². The molecule has 6 heteroatoms. The number of rotatable bonds is 6. The predicted molar refractivity (Wildman–Crippen MR) is 105 cm³/mol. The zero-order valence-electron chi connectivity index (χ0n) is 16.2. The highest BCUT2D eigenvalue weighted by Gasteiger charge is 2.23. The van der Waals surface area contributed by atoms with Crippen molar-refractivity contribution in [1.29, 1.82) is 0 Å². The van der Waals surface area contributed by atoms with Gasteiger partial charge in [-0.1, -0.05) is 18.2 Å². The minimum Gasteiger partial charge on any atom is -0.496 e. The molecule has 0 saturated carbocycles. The van der Waals surface area contributed by atoms with E-state index in [1.54, 1.807) is 7.11 Å². The van der Waals surface area contributed by atoms with Crippen LogP contribution in [-0.4, -0.2) is 55.2 Å². The van der Waals surface area contributed by atoms with Gasteiger partial charge < -0.3 is 19.9 Å². The van der Waals surface area contributed by atoms with Crippen LogP contribution in [0.5, 0.6) is 5.75 Å². The van der Waals surface area contributed by atoms with E-state index < -0.39 is 0 Å². The smallest absolute Gasteiger partial charge is 0.225 e. The zero-order valence-corrected chi connectivity index (χ0v) is 16.2. The summed E-state index contributed by atoms with van der Waals surface area (Å²) in [4.78, 5) is 13.7. The monoisotopic (exact) mass is 355 g/mol. The Morgan fingerprint density at radius 3 is 2.38 bits per heavy atom. The minimum atomic E-state index is -0.220. The molecule has 1 aliphatic heterocycles. The van der Waals surface area contributed by atoms with Crippen molar-refractivity contribution in [2.24, 2.45) is 0 Å². The maximum absolute atomic E-state index is 5.50. The summed E-state index contributed by atoms with van der Waals surface area (Å²) >= 11 is 0. The number of aromatic nitrogens is 2. The molecule has 0 bridgehead atoms. The highest BCUT2D eigenvalue weighted by Crippen LogP contribution is 2.29. The first kappa shape index (κ1) is 18.6. The molecule has 1 fully saturated rings. The summed E-state index contributed by atoms with van der Waals surface area (Å²) in [7, 11) is 3.86.